The number of thiophene rings is 1. The summed E-state index contributed by atoms with van der Waals surface area (Å²) in [4.78, 5) is 5.92. The van der Waals surface area contributed by atoms with Gasteiger partial charge in [-0.15, -0.1) is 21.5 Å². The van der Waals surface area contributed by atoms with Gasteiger partial charge in [0.2, 0.25) is 5.89 Å². The average molecular weight is 381 g/mol. The molecular formula is C21H24N4OS. The van der Waals surface area contributed by atoms with Crippen molar-refractivity contribution in [2.75, 3.05) is 32.7 Å². The molecule has 0 saturated carbocycles. The van der Waals surface area contributed by atoms with E-state index in [2.05, 4.69) is 63.3 Å². The van der Waals surface area contributed by atoms with Crippen LogP contribution in [-0.2, 0) is 0 Å². The van der Waals surface area contributed by atoms with Crippen LogP contribution in [-0.4, -0.2) is 52.7 Å². The Labute approximate surface area is 163 Å². The van der Waals surface area contributed by atoms with E-state index >= 15 is 0 Å². The molecule has 1 aliphatic rings. The SMILES string of the molecule is C[C@@H](c1nnc(-c2cccs2)o1)N1CCN(C/C=C/c2ccccc2)CC1. The molecule has 2 aromatic heterocycles. The highest BCUT2D eigenvalue weighted by molar-refractivity contribution is 7.13. The van der Waals surface area contributed by atoms with E-state index in [-0.39, 0.29) is 6.04 Å². The zero-order chi connectivity index (χ0) is 18.5. The Morgan fingerprint density at radius 1 is 1.07 bits per heavy atom. The highest BCUT2D eigenvalue weighted by Gasteiger charge is 2.25. The van der Waals surface area contributed by atoms with E-state index in [1.165, 1.54) is 5.56 Å². The Balaban J connectivity index is 1.28. The molecule has 3 aromatic rings. The number of rotatable bonds is 6. The van der Waals surface area contributed by atoms with Crippen molar-refractivity contribution in [2.45, 2.75) is 13.0 Å². The largest absolute Gasteiger partial charge is 0.418 e. The van der Waals surface area contributed by atoms with E-state index in [0.717, 1.165) is 37.6 Å². The fourth-order valence-electron chi connectivity index (χ4n) is 3.29. The molecule has 3 heterocycles. The number of benzene rings is 1. The van der Waals surface area contributed by atoms with E-state index in [1.54, 1.807) is 11.3 Å². The summed E-state index contributed by atoms with van der Waals surface area (Å²) in [7, 11) is 0. The van der Waals surface area contributed by atoms with Gasteiger partial charge in [0.05, 0.1) is 10.9 Å². The molecule has 0 radical (unpaired) electrons. The summed E-state index contributed by atoms with van der Waals surface area (Å²) in [6.45, 7) is 7.26. The zero-order valence-corrected chi connectivity index (χ0v) is 16.3. The predicted octanol–water partition coefficient (Wildman–Crippen LogP) is 4.19. The molecule has 0 spiro atoms. The van der Waals surface area contributed by atoms with Gasteiger partial charge in [0, 0.05) is 32.7 Å². The standard InChI is InChI=1S/C21H24N4OS/c1-17(20-22-23-21(26-20)19-10-6-16-27-19)25-14-12-24(13-15-25)11-5-9-18-7-3-2-4-8-18/h2-10,16-17H,11-15H2,1H3/b9-5+/t17-/m0/s1. The van der Waals surface area contributed by atoms with E-state index in [4.69, 9.17) is 4.42 Å². The third-order valence-electron chi connectivity index (χ3n) is 4.96. The summed E-state index contributed by atoms with van der Waals surface area (Å²) in [6, 6.07) is 14.6. The van der Waals surface area contributed by atoms with Gasteiger partial charge < -0.3 is 4.42 Å². The predicted molar refractivity (Wildman–Crippen MR) is 110 cm³/mol. The van der Waals surface area contributed by atoms with E-state index < -0.39 is 0 Å². The molecule has 0 bridgehead atoms. The maximum atomic E-state index is 5.91. The lowest BCUT2D eigenvalue weighted by atomic mass is 10.2. The molecule has 27 heavy (non-hydrogen) atoms. The normalized spacial score (nSPS) is 17.5. The Morgan fingerprint density at radius 3 is 2.63 bits per heavy atom. The van der Waals surface area contributed by atoms with Crippen LogP contribution in [0.4, 0.5) is 0 Å². The maximum Gasteiger partial charge on any atom is 0.257 e. The fourth-order valence-corrected chi connectivity index (χ4v) is 3.94. The Morgan fingerprint density at radius 2 is 1.89 bits per heavy atom. The summed E-state index contributed by atoms with van der Waals surface area (Å²) in [5.41, 5.74) is 1.25. The number of hydrogen-bond donors (Lipinski definition) is 0. The Hall–Kier alpha value is -2.28. The first kappa shape index (κ1) is 18.1. The van der Waals surface area contributed by atoms with Crippen LogP contribution in [0.5, 0.6) is 0 Å². The molecule has 1 aromatic carbocycles. The molecule has 0 amide bonds. The average Bonchev–Trinajstić information content (AvgIpc) is 3.41. The van der Waals surface area contributed by atoms with Gasteiger partial charge in [0.15, 0.2) is 0 Å². The summed E-state index contributed by atoms with van der Waals surface area (Å²) in [5, 5.41) is 10.5. The highest BCUT2D eigenvalue weighted by atomic mass is 32.1. The summed E-state index contributed by atoms with van der Waals surface area (Å²) in [5.74, 6) is 1.33. The van der Waals surface area contributed by atoms with E-state index in [0.29, 0.717) is 11.8 Å². The van der Waals surface area contributed by atoms with Gasteiger partial charge in [-0.1, -0.05) is 48.6 Å². The fraction of sp³-hybridized carbons (Fsp3) is 0.333. The number of piperazine rings is 1. The minimum atomic E-state index is 0.147. The minimum Gasteiger partial charge on any atom is -0.418 e. The van der Waals surface area contributed by atoms with Gasteiger partial charge in [0.25, 0.3) is 5.89 Å². The van der Waals surface area contributed by atoms with Crippen molar-refractivity contribution in [3.05, 3.63) is 65.4 Å². The quantitative estimate of drug-likeness (QED) is 0.642. The first-order valence-corrected chi connectivity index (χ1v) is 10.2. The van der Waals surface area contributed by atoms with E-state index in [9.17, 15) is 0 Å². The zero-order valence-electron chi connectivity index (χ0n) is 15.5. The van der Waals surface area contributed by atoms with E-state index in [1.807, 2.05) is 23.6 Å². The lowest BCUT2D eigenvalue weighted by molar-refractivity contribution is 0.0984. The maximum absolute atomic E-state index is 5.91. The third-order valence-corrected chi connectivity index (χ3v) is 5.82. The van der Waals surface area contributed by atoms with Gasteiger partial charge in [0.1, 0.15) is 0 Å². The Bertz CT molecular complexity index is 851. The molecule has 1 saturated heterocycles. The van der Waals surface area contributed by atoms with Crippen molar-refractivity contribution >= 4 is 17.4 Å². The topological polar surface area (TPSA) is 45.4 Å². The van der Waals surface area contributed by atoms with Gasteiger partial charge in [-0.2, -0.15) is 0 Å². The lowest BCUT2D eigenvalue weighted by Crippen LogP contribution is -2.47. The van der Waals surface area contributed by atoms with Crippen LogP contribution in [0.3, 0.4) is 0 Å². The second kappa shape index (κ2) is 8.61. The van der Waals surface area contributed by atoms with Crippen LogP contribution in [0.25, 0.3) is 16.8 Å². The molecule has 0 unspecified atom stereocenters. The third kappa shape index (κ3) is 4.53. The number of nitrogens with zero attached hydrogens (tertiary/aromatic N) is 4. The molecule has 1 atom stereocenters. The molecule has 1 aliphatic heterocycles. The van der Waals surface area contributed by atoms with Crippen LogP contribution in [0.1, 0.15) is 24.4 Å². The molecular weight excluding hydrogens is 356 g/mol. The smallest absolute Gasteiger partial charge is 0.257 e. The number of aromatic nitrogens is 2. The van der Waals surface area contributed by atoms with Crippen molar-refractivity contribution in [3.8, 4) is 10.8 Å². The van der Waals surface area contributed by atoms with Crippen LogP contribution in [0, 0.1) is 0 Å². The summed E-state index contributed by atoms with van der Waals surface area (Å²) < 4.78 is 5.91. The second-order valence-corrected chi connectivity index (χ2v) is 7.70. The van der Waals surface area contributed by atoms with Gasteiger partial charge in [-0.3, -0.25) is 9.80 Å². The molecule has 5 nitrogen and oxygen atoms in total. The van der Waals surface area contributed by atoms with Gasteiger partial charge in [-0.25, -0.2) is 0 Å². The second-order valence-electron chi connectivity index (χ2n) is 6.75. The van der Waals surface area contributed by atoms with Crippen molar-refractivity contribution in [2.24, 2.45) is 0 Å². The minimum absolute atomic E-state index is 0.147. The van der Waals surface area contributed by atoms with Crippen molar-refractivity contribution < 1.29 is 4.42 Å². The summed E-state index contributed by atoms with van der Waals surface area (Å²) >= 11 is 1.62. The summed E-state index contributed by atoms with van der Waals surface area (Å²) in [6.07, 6.45) is 4.44. The van der Waals surface area contributed by atoms with Gasteiger partial charge >= 0.3 is 0 Å². The highest BCUT2D eigenvalue weighted by Crippen LogP contribution is 2.27. The van der Waals surface area contributed by atoms with Crippen LogP contribution >= 0.6 is 11.3 Å². The molecule has 4 rings (SSSR count). The molecule has 1 fully saturated rings. The first-order chi connectivity index (χ1) is 13.3. The lowest BCUT2D eigenvalue weighted by Gasteiger charge is -2.36. The first-order valence-electron chi connectivity index (χ1n) is 9.35. The monoisotopic (exact) mass is 380 g/mol. The van der Waals surface area contributed by atoms with Crippen molar-refractivity contribution in [1.29, 1.82) is 0 Å². The van der Waals surface area contributed by atoms with Crippen LogP contribution in [0.15, 0.2) is 58.3 Å². The van der Waals surface area contributed by atoms with Crippen LogP contribution in [0.2, 0.25) is 0 Å². The molecule has 0 aliphatic carbocycles. The number of hydrogen-bond acceptors (Lipinski definition) is 6. The van der Waals surface area contributed by atoms with Gasteiger partial charge in [-0.05, 0) is 23.9 Å². The van der Waals surface area contributed by atoms with Crippen molar-refractivity contribution in [1.82, 2.24) is 20.0 Å². The Kier molecular flexibility index (Phi) is 5.77. The van der Waals surface area contributed by atoms with Crippen molar-refractivity contribution in [3.63, 3.8) is 0 Å². The molecule has 140 valence electrons. The van der Waals surface area contributed by atoms with Crippen LogP contribution < -0.4 is 0 Å². The molecule has 0 N–H and O–H groups in total. The molecule has 6 heteroatoms.